The molecule has 6 rings (SSSR count). The van der Waals surface area contributed by atoms with Crippen LogP contribution >= 0.6 is 27.3 Å². The molecule has 5 aromatic rings. The summed E-state index contributed by atoms with van der Waals surface area (Å²) >= 11 is 4.85. The van der Waals surface area contributed by atoms with Crippen LogP contribution in [0.5, 0.6) is 17.2 Å². The first-order valence-corrected chi connectivity index (χ1v) is 17.0. The van der Waals surface area contributed by atoms with Gasteiger partial charge in [0.25, 0.3) is 11.5 Å². The summed E-state index contributed by atoms with van der Waals surface area (Å²) < 4.78 is 20.0. The van der Waals surface area contributed by atoms with Crippen molar-refractivity contribution in [3.63, 3.8) is 0 Å². The maximum atomic E-state index is 14.2. The van der Waals surface area contributed by atoms with E-state index in [1.54, 1.807) is 35.8 Å². The summed E-state index contributed by atoms with van der Waals surface area (Å²) in [6.07, 6.45) is 1.77. The van der Waals surface area contributed by atoms with E-state index < -0.39 is 6.04 Å². The zero-order chi connectivity index (χ0) is 34.5. The van der Waals surface area contributed by atoms with Crippen LogP contribution in [0.2, 0.25) is 0 Å². The Morgan fingerprint density at radius 1 is 1.06 bits per heavy atom. The largest absolute Gasteiger partial charge is 0.494 e. The van der Waals surface area contributed by atoms with Crippen molar-refractivity contribution in [2.75, 3.05) is 19.0 Å². The summed E-state index contributed by atoms with van der Waals surface area (Å²) in [5, 5.41) is 12.4. The van der Waals surface area contributed by atoms with Gasteiger partial charge in [-0.1, -0.05) is 59.9 Å². The van der Waals surface area contributed by atoms with Gasteiger partial charge in [0.2, 0.25) is 0 Å². The van der Waals surface area contributed by atoms with Crippen LogP contribution in [0.15, 0.2) is 117 Å². The summed E-state index contributed by atoms with van der Waals surface area (Å²) in [7, 11) is 1.54. The van der Waals surface area contributed by atoms with Gasteiger partial charge in [0, 0.05) is 11.3 Å². The Labute approximate surface area is 295 Å². The van der Waals surface area contributed by atoms with Crippen molar-refractivity contribution >= 4 is 44.9 Å². The predicted molar refractivity (Wildman–Crippen MR) is 193 cm³/mol. The third-order valence-electron chi connectivity index (χ3n) is 7.86. The molecule has 0 unspecified atom stereocenters. The number of aromatic nitrogens is 1. The average Bonchev–Trinajstić information content (AvgIpc) is 3.41. The van der Waals surface area contributed by atoms with Crippen molar-refractivity contribution in [3.05, 3.63) is 149 Å². The minimum atomic E-state index is -0.730. The first-order valence-electron chi connectivity index (χ1n) is 15.4. The van der Waals surface area contributed by atoms with E-state index in [1.807, 2.05) is 79.7 Å². The highest BCUT2D eigenvalue weighted by atomic mass is 79.9. The van der Waals surface area contributed by atoms with Crippen LogP contribution in [0, 0.1) is 11.3 Å². The Hall–Kier alpha value is -5.44. The first-order chi connectivity index (χ1) is 23.8. The van der Waals surface area contributed by atoms with Crippen LogP contribution in [0.3, 0.4) is 0 Å². The number of hydrogen-bond donors (Lipinski definition) is 1. The van der Waals surface area contributed by atoms with Crippen LogP contribution in [-0.2, 0) is 11.4 Å². The van der Waals surface area contributed by atoms with Gasteiger partial charge in [-0.25, -0.2) is 4.99 Å². The fraction of sp³-hybridized carbons (Fsp3) is 0.158. The van der Waals surface area contributed by atoms with Gasteiger partial charge in [-0.15, -0.1) is 0 Å². The summed E-state index contributed by atoms with van der Waals surface area (Å²) in [5.41, 5.74) is 3.95. The highest BCUT2D eigenvalue weighted by Crippen LogP contribution is 2.38. The number of anilines is 1. The van der Waals surface area contributed by atoms with Crippen LogP contribution in [0.4, 0.5) is 5.69 Å². The molecule has 4 aromatic carbocycles. The molecule has 246 valence electrons. The second kappa shape index (κ2) is 14.8. The number of carbonyl (C=O) groups is 1. The van der Waals surface area contributed by atoms with Crippen molar-refractivity contribution in [2.24, 2.45) is 4.99 Å². The molecular formula is C38H31BrN4O5S. The Morgan fingerprint density at radius 2 is 1.80 bits per heavy atom. The summed E-state index contributed by atoms with van der Waals surface area (Å²) in [4.78, 5) is 33.3. The standard InChI is InChI=1S/C38H31BrN4O5S/c1-4-47-29-16-14-25(15-17-29)34-33(36(44)42-28-12-6-5-7-13-28)23(2)41-38-43(34)37(45)32(49-38)20-24-18-30(39)35(31(19-24)46-3)48-22-27-11-9-8-10-26(27)21-40/h5-20,34H,4,22H2,1-3H3,(H,42,44)/b32-20-/t34-/m1/s1. The van der Waals surface area contributed by atoms with E-state index in [4.69, 9.17) is 19.2 Å². The van der Waals surface area contributed by atoms with Gasteiger partial charge >= 0.3 is 0 Å². The molecule has 0 radical (unpaired) electrons. The number of rotatable bonds is 10. The number of halogens is 1. The summed E-state index contributed by atoms with van der Waals surface area (Å²) in [6, 6.07) is 28.9. The number of ether oxygens (including phenoxy) is 3. The third-order valence-corrected chi connectivity index (χ3v) is 9.44. The molecule has 0 bridgehead atoms. The topological polar surface area (TPSA) is 115 Å². The van der Waals surface area contributed by atoms with Gasteiger partial charge in [-0.2, -0.15) is 5.26 Å². The van der Waals surface area contributed by atoms with Crippen molar-refractivity contribution in [3.8, 4) is 23.3 Å². The molecule has 1 aromatic heterocycles. The third kappa shape index (κ3) is 7.06. The number of carbonyl (C=O) groups excluding carboxylic acids is 1. The second-order valence-electron chi connectivity index (χ2n) is 11.0. The number of hydrogen-bond acceptors (Lipinski definition) is 8. The number of amides is 1. The van der Waals surface area contributed by atoms with E-state index in [-0.39, 0.29) is 18.1 Å². The van der Waals surface area contributed by atoms with E-state index >= 15 is 0 Å². The number of allylic oxidation sites excluding steroid dienone is 1. The monoisotopic (exact) mass is 734 g/mol. The number of thiazole rings is 1. The number of para-hydroxylation sites is 1. The predicted octanol–water partition coefficient (Wildman–Crippen LogP) is 6.49. The molecule has 49 heavy (non-hydrogen) atoms. The van der Waals surface area contributed by atoms with E-state index in [2.05, 4.69) is 27.3 Å². The second-order valence-corrected chi connectivity index (χ2v) is 12.9. The van der Waals surface area contributed by atoms with Gasteiger partial charge in [0.05, 0.1) is 51.7 Å². The smallest absolute Gasteiger partial charge is 0.271 e. The first kappa shape index (κ1) is 33.5. The SMILES string of the molecule is CCOc1ccc([C@@H]2C(C(=O)Nc3ccccc3)=C(C)N=c3s/c(=C\c4cc(Br)c(OCc5ccccc5C#N)c(OC)c4)c(=O)n32)cc1. The molecule has 1 N–H and O–H groups in total. The maximum absolute atomic E-state index is 14.2. The number of nitrogens with one attached hydrogen (secondary N) is 1. The van der Waals surface area contributed by atoms with Crippen LogP contribution in [0.25, 0.3) is 6.08 Å². The molecule has 1 amide bonds. The molecule has 11 heteroatoms. The van der Waals surface area contributed by atoms with E-state index in [1.165, 1.54) is 18.4 Å². The van der Waals surface area contributed by atoms with Crippen LogP contribution in [0.1, 0.15) is 42.1 Å². The number of nitriles is 1. The number of nitrogens with zero attached hydrogens (tertiary/aromatic N) is 3. The van der Waals surface area contributed by atoms with E-state index in [9.17, 15) is 14.9 Å². The molecule has 9 nitrogen and oxygen atoms in total. The van der Waals surface area contributed by atoms with Crippen molar-refractivity contribution in [1.29, 1.82) is 5.26 Å². The molecule has 0 spiro atoms. The maximum Gasteiger partial charge on any atom is 0.271 e. The normalized spacial score (nSPS) is 14.0. The molecule has 0 saturated heterocycles. The summed E-state index contributed by atoms with van der Waals surface area (Å²) in [6.45, 7) is 4.38. The molecular weight excluding hydrogens is 704 g/mol. The minimum absolute atomic E-state index is 0.168. The molecule has 2 heterocycles. The Kier molecular flexibility index (Phi) is 10.1. The molecule has 1 atom stereocenters. The Morgan fingerprint density at radius 3 is 2.51 bits per heavy atom. The number of fused-ring (bicyclic) bond motifs is 1. The van der Waals surface area contributed by atoms with Gasteiger partial charge in [0.15, 0.2) is 16.3 Å². The van der Waals surface area contributed by atoms with Crippen molar-refractivity contribution in [2.45, 2.75) is 26.5 Å². The molecule has 0 saturated carbocycles. The van der Waals surface area contributed by atoms with Crippen LogP contribution in [-0.4, -0.2) is 24.2 Å². The van der Waals surface area contributed by atoms with Crippen molar-refractivity contribution in [1.82, 2.24) is 4.57 Å². The number of methoxy groups -OCH3 is 1. The summed E-state index contributed by atoms with van der Waals surface area (Å²) in [5.74, 6) is 1.26. The highest BCUT2D eigenvalue weighted by Gasteiger charge is 2.32. The number of benzene rings is 4. The average molecular weight is 736 g/mol. The van der Waals surface area contributed by atoms with Gasteiger partial charge in [-0.05, 0) is 89.4 Å². The fourth-order valence-electron chi connectivity index (χ4n) is 5.58. The van der Waals surface area contributed by atoms with Gasteiger partial charge in [-0.3, -0.25) is 14.2 Å². The van der Waals surface area contributed by atoms with Crippen molar-refractivity contribution < 1.29 is 19.0 Å². The zero-order valence-corrected chi connectivity index (χ0v) is 29.3. The Bertz CT molecular complexity index is 2290. The lowest BCUT2D eigenvalue weighted by Crippen LogP contribution is -2.40. The molecule has 1 aliphatic heterocycles. The molecule has 1 aliphatic rings. The zero-order valence-electron chi connectivity index (χ0n) is 26.9. The molecule has 0 fully saturated rings. The Balaban J connectivity index is 1.40. The van der Waals surface area contributed by atoms with E-state index in [0.29, 0.717) is 65.7 Å². The molecule has 0 aliphatic carbocycles. The van der Waals surface area contributed by atoms with E-state index in [0.717, 1.165) is 11.1 Å². The van der Waals surface area contributed by atoms with Gasteiger partial charge < -0.3 is 19.5 Å². The fourth-order valence-corrected chi connectivity index (χ4v) is 7.20. The highest BCUT2D eigenvalue weighted by molar-refractivity contribution is 9.10. The lowest BCUT2D eigenvalue weighted by atomic mass is 9.95. The quantitative estimate of drug-likeness (QED) is 0.175. The lowest BCUT2D eigenvalue weighted by molar-refractivity contribution is -0.113. The lowest BCUT2D eigenvalue weighted by Gasteiger charge is -2.25. The van der Waals surface area contributed by atoms with Gasteiger partial charge in [0.1, 0.15) is 12.4 Å². The van der Waals surface area contributed by atoms with Crippen LogP contribution < -0.4 is 34.4 Å². The minimum Gasteiger partial charge on any atom is -0.494 e.